The molecule has 0 aliphatic heterocycles. The number of rotatable bonds is 5. The summed E-state index contributed by atoms with van der Waals surface area (Å²) in [5.41, 5.74) is 0.506. The van der Waals surface area contributed by atoms with Crippen molar-refractivity contribution < 1.29 is 20.1 Å². The fourth-order valence-corrected chi connectivity index (χ4v) is 1.77. The van der Waals surface area contributed by atoms with Crippen molar-refractivity contribution in [2.45, 2.75) is 18.6 Å². The Morgan fingerprint density at radius 2 is 2.06 bits per heavy atom. The SMILES string of the molecule is COc1cc(Br)ccc1C(O)C(O)CCO. The van der Waals surface area contributed by atoms with Crippen molar-refractivity contribution in [3.8, 4) is 5.75 Å². The van der Waals surface area contributed by atoms with E-state index in [9.17, 15) is 10.2 Å². The minimum atomic E-state index is -1.06. The first-order valence-corrected chi connectivity index (χ1v) is 5.70. The Kier molecular flexibility index (Phi) is 5.21. The molecule has 0 aliphatic rings. The Morgan fingerprint density at radius 1 is 1.38 bits per heavy atom. The molecular formula is C11H15BrO4. The summed E-state index contributed by atoms with van der Waals surface area (Å²) < 4.78 is 5.94. The van der Waals surface area contributed by atoms with Crippen LogP contribution >= 0.6 is 15.9 Å². The monoisotopic (exact) mass is 290 g/mol. The van der Waals surface area contributed by atoms with Gasteiger partial charge in [0.15, 0.2) is 0 Å². The van der Waals surface area contributed by atoms with Gasteiger partial charge in [-0.1, -0.05) is 22.0 Å². The molecule has 5 heteroatoms. The van der Waals surface area contributed by atoms with Gasteiger partial charge in [0.25, 0.3) is 0 Å². The van der Waals surface area contributed by atoms with E-state index >= 15 is 0 Å². The molecule has 0 amide bonds. The van der Waals surface area contributed by atoms with Crippen molar-refractivity contribution >= 4 is 15.9 Å². The maximum absolute atomic E-state index is 9.87. The molecule has 4 nitrogen and oxygen atoms in total. The molecule has 0 fully saturated rings. The second kappa shape index (κ2) is 6.20. The lowest BCUT2D eigenvalue weighted by molar-refractivity contribution is 0.00303. The summed E-state index contributed by atoms with van der Waals surface area (Å²) in [6, 6.07) is 5.14. The van der Waals surface area contributed by atoms with E-state index in [2.05, 4.69) is 15.9 Å². The minimum Gasteiger partial charge on any atom is -0.496 e. The maximum Gasteiger partial charge on any atom is 0.125 e. The molecule has 0 saturated carbocycles. The molecule has 3 N–H and O–H groups in total. The van der Waals surface area contributed by atoms with Crippen LogP contribution in [0.25, 0.3) is 0 Å². The summed E-state index contributed by atoms with van der Waals surface area (Å²) in [6.07, 6.45) is -1.93. The van der Waals surface area contributed by atoms with E-state index in [1.54, 1.807) is 18.2 Å². The van der Waals surface area contributed by atoms with Gasteiger partial charge in [-0.15, -0.1) is 0 Å². The van der Waals surface area contributed by atoms with Crippen LogP contribution in [0.2, 0.25) is 0 Å². The van der Waals surface area contributed by atoms with Crippen molar-refractivity contribution in [2.24, 2.45) is 0 Å². The molecule has 0 radical (unpaired) electrons. The summed E-state index contributed by atoms with van der Waals surface area (Å²) in [5.74, 6) is 0.499. The molecule has 1 aromatic rings. The van der Waals surface area contributed by atoms with Gasteiger partial charge in [-0.2, -0.15) is 0 Å². The van der Waals surface area contributed by atoms with Gasteiger partial charge in [-0.05, 0) is 18.6 Å². The third-order valence-electron chi connectivity index (χ3n) is 2.30. The zero-order valence-electron chi connectivity index (χ0n) is 8.93. The van der Waals surface area contributed by atoms with Gasteiger partial charge in [-0.3, -0.25) is 0 Å². The summed E-state index contributed by atoms with van der Waals surface area (Å²) in [7, 11) is 1.50. The second-order valence-corrected chi connectivity index (χ2v) is 4.33. The van der Waals surface area contributed by atoms with E-state index in [4.69, 9.17) is 9.84 Å². The van der Waals surface area contributed by atoms with E-state index < -0.39 is 12.2 Å². The molecule has 0 aliphatic carbocycles. The van der Waals surface area contributed by atoms with Crippen LogP contribution < -0.4 is 4.74 Å². The Labute approximate surface area is 103 Å². The number of hydrogen-bond acceptors (Lipinski definition) is 4. The van der Waals surface area contributed by atoms with Gasteiger partial charge in [0, 0.05) is 16.6 Å². The predicted octanol–water partition coefficient (Wildman–Crippen LogP) is 1.23. The standard InChI is InChI=1S/C11H15BrO4/c1-16-10-6-7(12)2-3-8(10)11(15)9(14)4-5-13/h2-3,6,9,11,13-15H,4-5H2,1H3. The first-order chi connectivity index (χ1) is 7.60. The van der Waals surface area contributed by atoms with Gasteiger partial charge < -0.3 is 20.1 Å². The molecule has 2 atom stereocenters. The molecule has 2 unspecified atom stereocenters. The highest BCUT2D eigenvalue weighted by atomic mass is 79.9. The molecule has 0 spiro atoms. The van der Waals surface area contributed by atoms with Gasteiger partial charge in [0.1, 0.15) is 11.9 Å². The quantitative estimate of drug-likeness (QED) is 0.763. The third-order valence-corrected chi connectivity index (χ3v) is 2.80. The largest absolute Gasteiger partial charge is 0.496 e. The Balaban J connectivity index is 2.93. The fourth-order valence-electron chi connectivity index (χ4n) is 1.43. The number of halogens is 1. The molecule has 90 valence electrons. The summed E-state index contributed by atoms with van der Waals surface area (Å²) >= 11 is 3.29. The first kappa shape index (κ1) is 13.4. The summed E-state index contributed by atoms with van der Waals surface area (Å²) in [5, 5.41) is 28.1. The van der Waals surface area contributed by atoms with Gasteiger partial charge >= 0.3 is 0 Å². The minimum absolute atomic E-state index is 0.125. The predicted molar refractivity (Wildman–Crippen MR) is 63.4 cm³/mol. The first-order valence-electron chi connectivity index (χ1n) is 4.90. The average Bonchev–Trinajstić information content (AvgIpc) is 2.28. The van der Waals surface area contributed by atoms with Gasteiger partial charge in [0.05, 0.1) is 13.2 Å². The maximum atomic E-state index is 9.87. The van der Waals surface area contributed by atoms with E-state index in [1.807, 2.05) is 0 Å². The van der Waals surface area contributed by atoms with Crippen LogP contribution in [0.5, 0.6) is 5.75 Å². The lowest BCUT2D eigenvalue weighted by Gasteiger charge is -2.19. The van der Waals surface area contributed by atoms with Crippen LogP contribution in [0.3, 0.4) is 0 Å². The molecular weight excluding hydrogens is 276 g/mol. The van der Waals surface area contributed by atoms with Crippen LogP contribution in [-0.2, 0) is 0 Å². The lowest BCUT2D eigenvalue weighted by Crippen LogP contribution is -2.20. The molecule has 0 heterocycles. The number of benzene rings is 1. The van der Waals surface area contributed by atoms with E-state index in [1.165, 1.54) is 7.11 Å². The topological polar surface area (TPSA) is 69.9 Å². The Hall–Kier alpha value is -0.620. The van der Waals surface area contributed by atoms with E-state index in [-0.39, 0.29) is 13.0 Å². The molecule has 16 heavy (non-hydrogen) atoms. The number of aliphatic hydroxyl groups excluding tert-OH is 3. The molecule has 0 saturated heterocycles. The smallest absolute Gasteiger partial charge is 0.125 e. The van der Waals surface area contributed by atoms with Crippen molar-refractivity contribution in [3.05, 3.63) is 28.2 Å². The normalized spacial score (nSPS) is 14.6. The Morgan fingerprint density at radius 3 is 2.62 bits per heavy atom. The molecule has 1 rings (SSSR count). The fraction of sp³-hybridized carbons (Fsp3) is 0.455. The number of methoxy groups -OCH3 is 1. The second-order valence-electron chi connectivity index (χ2n) is 3.41. The van der Waals surface area contributed by atoms with Gasteiger partial charge in [0.2, 0.25) is 0 Å². The highest BCUT2D eigenvalue weighted by molar-refractivity contribution is 9.10. The average molecular weight is 291 g/mol. The molecule has 0 aromatic heterocycles. The third kappa shape index (κ3) is 3.18. The zero-order chi connectivity index (χ0) is 12.1. The van der Waals surface area contributed by atoms with E-state index in [0.29, 0.717) is 11.3 Å². The lowest BCUT2D eigenvalue weighted by atomic mass is 10.0. The Bertz CT molecular complexity index is 343. The highest BCUT2D eigenvalue weighted by Gasteiger charge is 2.21. The van der Waals surface area contributed by atoms with E-state index in [0.717, 1.165) is 4.47 Å². The van der Waals surface area contributed by atoms with Gasteiger partial charge in [-0.25, -0.2) is 0 Å². The molecule has 1 aromatic carbocycles. The number of aliphatic hydroxyl groups is 3. The molecule has 0 bridgehead atoms. The van der Waals surface area contributed by atoms with Crippen molar-refractivity contribution in [3.63, 3.8) is 0 Å². The number of hydrogen-bond donors (Lipinski definition) is 3. The summed E-state index contributed by atoms with van der Waals surface area (Å²) in [4.78, 5) is 0. The number of ether oxygens (including phenoxy) is 1. The van der Waals surface area contributed by atoms with Crippen LogP contribution in [0.15, 0.2) is 22.7 Å². The van der Waals surface area contributed by atoms with Crippen LogP contribution in [0.1, 0.15) is 18.1 Å². The van der Waals surface area contributed by atoms with Crippen LogP contribution in [0, 0.1) is 0 Å². The van der Waals surface area contributed by atoms with Crippen molar-refractivity contribution in [2.75, 3.05) is 13.7 Å². The zero-order valence-corrected chi connectivity index (χ0v) is 10.5. The highest BCUT2D eigenvalue weighted by Crippen LogP contribution is 2.30. The van der Waals surface area contributed by atoms with Crippen molar-refractivity contribution in [1.29, 1.82) is 0 Å². The van der Waals surface area contributed by atoms with Crippen LogP contribution in [-0.4, -0.2) is 35.1 Å². The van der Waals surface area contributed by atoms with Crippen molar-refractivity contribution in [1.82, 2.24) is 0 Å². The van der Waals surface area contributed by atoms with Crippen LogP contribution in [0.4, 0.5) is 0 Å². The summed E-state index contributed by atoms with van der Waals surface area (Å²) in [6.45, 7) is -0.170.